The Bertz CT molecular complexity index is 695. The Balaban J connectivity index is 1.86. The summed E-state index contributed by atoms with van der Waals surface area (Å²) in [7, 11) is 0. The predicted octanol–water partition coefficient (Wildman–Crippen LogP) is 2.11. The largest absolute Gasteiger partial charge is 0.354 e. The molecule has 0 aromatic carbocycles. The first kappa shape index (κ1) is 18.6. The molecule has 2 heterocycles. The fourth-order valence-electron chi connectivity index (χ4n) is 3.21. The van der Waals surface area contributed by atoms with Crippen molar-refractivity contribution in [2.75, 3.05) is 29.9 Å². The molecule has 140 valence electrons. The molecule has 1 aromatic rings. The van der Waals surface area contributed by atoms with Crippen molar-refractivity contribution < 1.29 is 9.59 Å². The highest BCUT2D eigenvalue weighted by molar-refractivity contribution is 7.97. The Morgan fingerprint density at radius 1 is 1.08 bits per heavy atom. The maximum Gasteiger partial charge on any atom is 0.243 e. The van der Waals surface area contributed by atoms with E-state index in [0.29, 0.717) is 36.4 Å². The van der Waals surface area contributed by atoms with E-state index in [1.807, 2.05) is 37.8 Å². The van der Waals surface area contributed by atoms with Gasteiger partial charge >= 0.3 is 0 Å². The van der Waals surface area contributed by atoms with Crippen molar-refractivity contribution in [2.24, 2.45) is 11.8 Å². The maximum atomic E-state index is 12.6. The zero-order valence-corrected chi connectivity index (χ0v) is 16.1. The molecule has 1 aromatic heterocycles. The van der Waals surface area contributed by atoms with Gasteiger partial charge in [-0.1, -0.05) is 12.2 Å². The molecule has 0 bridgehead atoms. The molecule has 0 spiro atoms. The molecule has 2 aliphatic rings. The van der Waals surface area contributed by atoms with Gasteiger partial charge in [0, 0.05) is 31.6 Å². The third kappa shape index (κ3) is 3.53. The van der Waals surface area contributed by atoms with Gasteiger partial charge in [0.25, 0.3) is 0 Å². The van der Waals surface area contributed by atoms with E-state index >= 15 is 0 Å². The summed E-state index contributed by atoms with van der Waals surface area (Å²) in [6, 6.07) is 0. The number of anilines is 2. The number of rotatable bonds is 7. The van der Waals surface area contributed by atoms with Crippen LogP contribution in [0.3, 0.4) is 0 Å². The van der Waals surface area contributed by atoms with Crippen LogP contribution in [0.5, 0.6) is 0 Å². The number of carbonyl (C=O) groups excluding carboxylic acids is 2. The minimum absolute atomic E-state index is 0.149. The average Bonchev–Trinajstić information content (AvgIpc) is 2.88. The van der Waals surface area contributed by atoms with Crippen molar-refractivity contribution in [1.29, 1.82) is 0 Å². The van der Waals surface area contributed by atoms with Crippen LogP contribution < -0.4 is 10.2 Å². The zero-order chi connectivity index (χ0) is 18.7. The van der Waals surface area contributed by atoms with E-state index < -0.39 is 0 Å². The first-order valence-corrected chi connectivity index (χ1v) is 9.82. The van der Waals surface area contributed by atoms with Crippen LogP contribution in [0.4, 0.5) is 11.9 Å². The number of allylic oxidation sites excluding steroid dienone is 2. The monoisotopic (exact) mass is 376 g/mol. The minimum Gasteiger partial charge on any atom is -0.354 e. The molecule has 26 heavy (non-hydrogen) atoms. The van der Waals surface area contributed by atoms with Crippen LogP contribution in [-0.4, -0.2) is 50.7 Å². The number of nitrogens with zero attached hydrogens (tertiary/aromatic N) is 5. The summed E-state index contributed by atoms with van der Waals surface area (Å²) in [5.74, 6) is 0.190. The van der Waals surface area contributed by atoms with E-state index in [1.165, 1.54) is 4.31 Å². The number of nitrogens with one attached hydrogen (secondary N) is 1. The first-order valence-electron chi connectivity index (χ1n) is 9.04. The van der Waals surface area contributed by atoms with Crippen molar-refractivity contribution in [2.45, 2.75) is 38.8 Å². The lowest BCUT2D eigenvalue weighted by atomic mass is 9.85. The van der Waals surface area contributed by atoms with Gasteiger partial charge in [-0.25, -0.2) is 4.31 Å². The Labute approximate surface area is 157 Å². The van der Waals surface area contributed by atoms with Crippen LogP contribution in [0.1, 0.15) is 33.6 Å². The number of aromatic nitrogens is 3. The van der Waals surface area contributed by atoms with Gasteiger partial charge in [0.1, 0.15) is 0 Å². The molecule has 3 rings (SSSR count). The highest BCUT2D eigenvalue weighted by Gasteiger charge is 2.48. The second-order valence-corrected chi connectivity index (χ2v) is 7.08. The van der Waals surface area contributed by atoms with Gasteiger partial charge in [-0.15, -0.1) is 0 Å². The molecule has 1 aliphatic carbocycles. The van der Waals surface area contributed by atoms with Crippen LogP contribution in [-0.2, 0) is 9.59 Å². The van der Waals surface area contributed by atoms with Crippen LogP contribution in [0.15, 0.2) is 17.3 Å². The smallest absolute Gasteiger partial charge is 0.243 e. The summed E-state index contributed by atoms with van der Waals surface area (Å²) in [4.78, 5) is 40.6. The van der Waals surface area contributed by atoms with E-state index in [9.17, 15) is 9.59 Å². The second kappa shape index (κ2) is 8.03. The van der Waals surface area contributed by atoms with Gasteiger partial charge in [0.2, 0.25) is 28.9 Å². The minimum atomic E-state index is -0.252. The number of imide groups is 1. The normalized spacial score (nSPS) is 21.9. The molecule has 1 saturated heterocycles. The molecule has 2 atom stereocenters. The Morgan fingerprint density at radius 2 is 1.69 bits per heavy atom. The number of hydrogen-bond donors (Lipinski definition) is 1. The summed E-state index contributed by atoms with van der Waals surface area (Å²) in [6.45, 7) is 8.19. The van der Waals surface area contributed by atoms with E-state index in [2.05, 4.69) is 20.3 Å². The third-order valence-electron chi connectivity index (χ3n) is 4.62. The van der Waals surface area contributed by atoms with Crippen molar-refractivity contribution in [3.8, 4) is 0 Å². The summed E-state index contributed by atoms with van der Waals surface area (Å²) in [5, 5.41) is 3.44. The molecule has 1 N–H and O–H groups in total. The number of carbonyl (C=O) groups is 2. The molecule has 2 amide bonds. The quantitative estimate of drug-likeness (QED) is 0.439. The molecular formula is C17H24N6O2S. The van der Waals surface area contributed by atoms with Crippen LogP contribution in [0.2, 0.25) is 0 Å². The molecule has 0 unspecified atom stereocenters. The molecule has 9 heteroatoms. The Hall–Kier alpha value is -2.16. The van der Waals surface area contributed by atoms with Crippen molar-refractivity contribution >= 4 is 35.7 Å². The lowest BCUT2D eigenvalue weighted by molar-refractivity contribution is -0.133. The average molecular weight is 376 g/mol. The summed E-state index contributed by atoms with van der Waals surface area (Å²) < 4.78 is 1.24. The molecule has 1 aliphatic heterocycles. The van der Waals surface area contributed by atoms with E-state index in [-0.39, 0.29) is 23.7 Å². The van der Waals surface area contributed by atoms with Crippen LogP contribution in [0.25, 0.3) is 0 Å². The topological polar surface area (TPSA) is 91.3 Å². The third-order valence-corrected chi connectivity index (χ3v) is 5.51. The molecule has 8 nitrogen and oxygen atoms in total. The fourth-order valence-corrected chi connectivity index (χ4v) is 4.08. The summed E-state index contributed by atoms with van der Waals surface area (Å²) >= 11 is 1.00. The first-order chi connectivity index (χ1) is 12.6. The van der Waals surface area contributed by atoms with Crippen molar-refractivity contribution in [3.05, 3.63) is 12.2 Å². The van der Waals surface area contributed by atoms with Gasteiger partial charge in [0.05, 0.1) is 11.8 Å². The van der Waals surface area contributed by atoms with Gasteiger partial charge in [0.15, 0.2) is 0 Å². The lowest BCUT2D eigenvalue weighted by Gasteiger charge is -2.20. The number of hydrogen-bond acceptors (Lipinski definition) is 8. The Kier molecular flexibility index (Phi) is 5.75. The molecule has 0 radical (unpaired) electrons. The van der Waals surface area contributed by atoms with E-state index in [1.54, 1.807) is 0 Å². The van der Waals surface area contributed by atoms with Crippen molar-refractivity contribution in [1.82, 2.24) is 19.3 Å². The summed E-state index contributed by atoms with van der Waals surface area (Å²) in [5.41, 5.74) is 0. The molecular weight excluding hydrogens is 352 g/mol. The summed E-state index contributed by atoms with van der Waals surface area (Å²) in [6.07, 6.45) is 5.20. The Morgan fingerprint density at radius 3 is 2.23 bits per heavy atom. The lowest BCUT2D eigenvalue weighted by Crippen LogP contribution is -2.27. The molecule has 0 saturated carbocycles. The van der Waals surface area contributed by atoms with E-state index in [4.69, 9.17) is 0 Å². The zero-order valence-electron chi connectivity index (χ0n) is 15.3. The van der Waals surface area contributed by atoms with Gasteiger partial charge < -0.3 is 10.2 Å². The number of amides is 2. The number of fused-ring (bicyclic) bond motifs is 1. The molecule has 1 fully saturated rings. The fraction of sp³-hybridized carbons (Fsp3) is 0.588. The van der Waals surface area contributed by atoms with Crippen molar-refractivity contribution in [3.63, 3.8) is 0 Å². The van der Waals surface area contributed by atoms with E-state index in [0.717, 1.165) is 25.0 Å². The second-order valence-electron chi connectivity index (χ2n) is 6.16. The van der Waals surface area contributed by atoms with Gasteiger partial charge in [-0.2, -0.15) is 15.0 Å². The van der Waals surface area contributed by atoms with Gasteiger partial charge in [-0.3, -0.25) is 9.59 Å². The SMILES string of the molecule is CCNc1nc(SN2C(=O)[C@H]3CC=CC[C@H]3C2=O)nc(N(CC)CC)n1. The van der Waals surface area contributed by atoms with Crippen LogP contribution in [0, 0.1) is 11.8 Å². The highest BCUT2D eigenvalue weighted by Crippen LogP contribution is 2.39. The van der Waals surface area contributed by atoms with Crippen LogP contribution >= 0.6 is 11.9 Å². The highest BCUT2D eigenvalue weighted by atomic mass is 32.2. The standard InChI is InChI=1S/C17H24N6O2S/c1-4-18-15-19-16(22(5-2)6-3)21-17(20-15)26-23-13(24)11-9-7-8-10-12(11)14(23)25/h7-8,11-12H,4-6,9-10H2,1-3H3,(H,18,19,20,21)/t11-,12+. The maximum absolute atomic E-state index is 12.6. The van der Waals surface area contributed by atoms with Gasteiger partial charge in [-0.05, 0) is 33.6 Å². The predicted molar refractivity (Wildman–Crippen MR) is 101 cm³/mol.